The summed E-state index contributed by atoms with van der Waals surface area (Å²) in [6, 6.07) is 0. The van der Waals surface area contributed by atoms with Crippen molar-refractivity contribution < 1.29 is 14.7 Å². The number of carboxylic acid groups (broad SMARTS) is 1. The average molecular weight is 182 g/mol. The summed E-state index contributed by atoms with van der Waals surface area (Å²) in [5.74, 6) is -0.676. The van der Waals surface area contributed by atoms with Gasteiger partial charge >= 0.3 is 5.97 Å². The van der Waals surface area contributed by atoms with Gasteiger partial charge in [-0.1, -0.05) is 13.8 Å². The predicted octanol–water partition coefficient (Wildman–Crippen LogP) is 1.47. The molecule has 72 valence electrons. The van der Waals surface area contributed by atoms with Crippen molar-refractivity contribution in [2.45, 2.75) is 33.1 Å². The van der Waals surface area contributed by atoms with Gasteiger partial charge in [-0.25, -0.2) is 0 Å². The Bertz CT molecular complexity index is 293. The summed E-state index contributed by atoms with van der Waals surface area (Å²) in [4.78, 5) is 22.9. The molecule has 0 aromatic rings. The van der Waals surface area contributed by atoms with Crippen molar-refractivity contribution >= 4 is 11.8 Å². The number of fused-ring (bicyclic) bond motifs is 2. The number of carboxylic acids is 1. The quantitative estimate of drug-likeness (QED) is 0.625. The molecular weight excluding hydrogens is 168 g/mol. The number of hydrogen-bond donors (Lipinski definition) is 1. The fraction of sp³-hybridized carbons (Fsp3) is 0.800. The normalized spacial score (nSPS) is 41.1. The van der Waals surface area contributed by atoms with Crippen LogP contribution in [0.5, 0.6) is 0 Å². The lowest BCUT2D eigenvalue weighted by Crippen LogP contribution is -2.41. The van der Waals surface area contributed by atoms with Crippen molar-refractivity contribution in [3.8, 4) is 0 Å². The maximum Gasteiger partial charge on any atom is 0.317 e. The minimum Gasteiger partial charge on any atom is -0.480 e. The van der Waals surface area contributed by atoms with Crippen LogP contribution < -0.4 is 0 Å². The first-order valence-electron chi connectivity index (χ1n) is 4.69. The lowest BCUT2D eigenvalue weighted by atomic mass is 9.71. The highest BCUT2D eigenvalue weighted by molar-refractivity contribution is 6.08. The van der Waals surface area contributed by atoms with Gasteiger partial charge in [-0.15, -0.1) is 0 Å². The largest absolute Gasteiger partial charge is 0.480 e. The number of hydrogen-bond acceptors (Lipinski definition) is 2. The number of ketones is 1. The fourth-order valence-electron chi connectivity index (χ4n) is 2.96. The Kier molecular flexibility index (Phi) is 1.44. The maximum atomic E-state index is 11.9. The zero-order valence-electron chi connectivity index (χ0n) is 7.96. The summed E-state index contributed by atoms with van der Waals surface area (Å²) >= 11 is 0. The summed E-state index contributed by atoms with van der Waals surface area (Å²) < 4.78 is 0. The molecule has 2 bridgehead atoms. The Labute approximate surface area is 77.1 Å². The zero-order chi connectivity index (χ0) is 9.85. The van der Waals surface area contributed by atoms with Crippen molar-refractivity contribution in [1.29, 1.82) is 0 Å². The Morgan fingerprint density at radius 2 is 2.15 bits per heavy atom. The number of rotatable bonds is 1. The van der Waals surface area contributed by atoms with E-state index in [1.54, 1.807) is 0 Å². The number of aliphatic carboxylic acids is 1. The molecule has 0 aromatic carbocycles. The number of carbonyl (C=O) groups excluding carboxylic acids is 1. The SMILES string of the molecule is CC1(C)C(=O)[C@]2(C(=O)O)CC[C@H]1C2. The third-order valence-electron chi connectivity index (χ3n) is 3.96. The van der Waals surface area contributed by atoms with Gasteiger partial charge in [0.25, 0.3) is 0 Å². The second-order valence-corrected chi connectivity index (χ2v) is 4.88. The molecule has 0 amide bonds. The van der Waals surface area contributed by atoms with E-state index in [1.165, 1.54) is 0 Å². The lowest BCUT2D eigenvalue weighted by Gasteiger charge is -2.30. The predicted molar refractivity (Wildman–Crippen MR) is 46.2 cm³/mol. The molecule has 0 radical (unpaired) electrons. The average Bonchev–Trinajstić information content (AvgIpc) is 2.53. The lowest BCUT2D eigenvalue weighted by molar-refractivity contribution is -0.156. The Morgan fingerprint density at radius 1 is 1.54 bits per heavy atom. The van der Waals surface area contributed by atoms with Gasteiger partial charge in [-0.3, -0.25) is 9.59 Å². The molecule has 0 aliphatic heterocycles. The molecule has 0 saturated heterocycles. The molecule has 0 spiro atoms. The van der Waals surface area contributed by atoms with Crippen LogP contribution in [0.2, 0.25) is 0 Å². The van der Waals surface area contributed by atoms with E-state index in [-0.39, 0.29) is 11.7 Å². The maximum absolute atomic E-state index is 11.9. The van der Waals surface area contributed by atoms with Crippen LogP contribution in [0, 0.1) is 16.7 Å². The van der Waals surface area contributed by atoms with Gasteiger partial charge in [0.2, 0.25) is 0 Å². The minimum absolute atomic E-state index is 0.0521. The first kappa shape index (κ1) is 8.73. The van der Waals surface area contributed by atoms with Gasteiger partial charge in [-0.2, -0.15) is 0 Å². The molecule has 0 heterocycles. The van der Waals surface area contributed by atoms with Crippen molar-refractivity contribution in [3.05, 3.63) is 0 Å². The van der Waals surface area contributed by atoms with Crippen molar-refractivity contribution in [2.75, 3.05) is 0 Å². The van der Waals surface area contributed by atoms with Gasteiger partial charge in [0, 0.05) is 5.41 Å². The molecule has 2 rings (SSSR count). The van der Waals surface area contributed by atoms with Crippen molar-refractivity contribution in [2.24, 2.45) is 16.7 Å². The minimum atomic E-state index is -1.02. The third kappa shape index (κ3) is 0.798. The molecule has 13 heavy (non-hydrogen) atoms. The van der Waals surface area contributed by atoms with Gasteiger partial charge in [0.05, 0.1) is 0 Å². The van der Waals surface area contributed by atoms with Crippen molar-refractivity contribution in [1.82, 2.24) is 0 Å². The molecular formula is C10H14O3. The number of Topliss-reactive ketones (excluding diaryl/α,β-unsaturated/α-hetero) is 1. The first-order valence-corrected chi connectivity index (χ1v) is 4.69. The summed E-state index contributed by atoms with van der Waals surface area (Å²) in [5.41, 5.74) is -1.43. The van der Waals surface area contributed by atoms with E-state index in [9.17, 15) is 9.59 Å². The van der Waals surface area contributed by atoms with Crippen LogP contribution in [-0.4, -0.2) is 16.9 Å². The van der Waals surface area contributed by atoms with E-state index in [4.69, 9.17) is 5.11 Å². The van der Waals surface area contributed by atoms with E-state index in [0.717, 1.165) is 6.42 Å². The van der Waals surface area contributed by atoms with E-state index in [1.807, 2.05) is 13.8 Å². The highest BCUT2D eigenvalue weighted by Gasteiger charge is 2.65. The smallest absolute Gasteiger partial charge is 0.317 e. The molecule has 3 nitrogen and oxygen atoms in total. The second kappa shape index (κ2) is 2.14. The van der Waals surface area contributed by atoms with Crippen LogP contribution in [-0.2, 0) is 9.59 Å². The summed E-state index contributed by atoms with van der Waals surface area (Å²) in [5, 5.41) is 9.07. The second-order valence-electron chi connectivity index (χ2n) is 4.88. The molecule has 2 aliphatic rings. The zero-order valence-corrected chi connectivity index (χ0v) is 7.96. The highest BCUT2D eigenvalue weighted by Crippen LogP contribution is 2.60. The van der Waals surface area contributed by atoms with E-state index < -0.39 is 16.8 Å². The van der Waals surface area contributed by atoms with Gasteiger partial charge in [0.15, 0.2) is 5.78 Å². The topological polar surface area (TPSA) is 54.4 Å². The highest BCUT2D eigenvalue weighted by atomic mass is 16.4. The molecule has 2 fully saturated rings. The molecule has 1 N–H and O–H groups in total. The van der Waals surface area contributed by atoms with Crippen LogP contribution in [0.4, 0.5) is 0 Å². The Balaban J connectivity index is 2.46. The van der Waals surface area contributed by atoms with Gasteiger partial charge < -0.3 is 5.11 Å². The molecule has 2 aliphatic carbocycles. The monoisotopic (exact) mass is 182 g/mol. The standard InChI is InChI=1S/C10H14O3/c1-9(2)6-3-4-10(5-6,7(9)11)8(12)13/h6H,3-5H2,1-2H3,(H,12,13)/t6-,10-/m0/s1. The Morgan fingerprint density at radius 3 is 2.46 bits per heavy atom. The summed E-state index contributed by atoms with van der Waals surface area (Å²) in [7, 11) is 0. The van der Waals surface area contributed by atoms with E-state index in [2.05, 4.69) is 0 Å². The van der Waals surface area contributed by atoms with Gasteiger partial charge in [0.1, 0.15) is 5.41 Å². The summed E-state index contributed by atoms with van der Waals surface area (Å²) in [6.07, 6.45) is 2.01. The summed E-state index contributed by atoms with van der Waals surface area (Å²) in [6.45, 7) is 3.76. The van der Waals surface area contributed by atoms with E-state index in [0.29, 0.717) is 12.8 Å². The van der Waals surface area contributed by atoms with E-state index >= 15 is 0 Å². The third-order valence-corrected chi connectivity index (χ3v) is 3.96. The van der Waals surface area contributed by atoms with Crippen LogP contribution in [0.1, 0.15) is 33.1 Å². The van der Waals surface area contributed by atoms with Crippen LogP contribution in [0.15, 0.2) is 0 Å². The molecule has 0 unspecified atom stereocenters. The molecule has 3 heteroatoms. The fourth-order valence-corrected chi connectivity index (χ4v) is 2.96. The molecule has 2 atom stereocenters. The Hall–Kier alpha value is -0.860. The molecule has 2 saturated carbocycles. The van der Waals surface area contributed by atoms with Crippen LogP contribution in [0.3, 0.4) is 0 Å². The van der Waals surface area contributed by atoms with Crippen LogP contribution >= 0.6 is 0 Å². The first-order chi connectivity index (χ1) is 5.91. The van der Waals surface area contributed by atoms with Gasteiger partial charge in [-0.05, 0) is 25.2 Å². The number of carbonyl (C=O) groups is 2. The van der Waals surface area contributed by atoms with Crippen molar-refractivity contribution in [3.63, 3.8) is 0 Å². The molecule has 0 aromatic heterocycles. The van der Waals surface area contributed by atoms with Crippen LogP contribution in [0.25, 0.3) is 0 Å².